The van der Waals surface area contributed by atoms with Crippen molar-refractivity contribution in [3.8, 4) is 0 Å². The van der Waals surface area contributed by atoms with E-state index in [-0.39, 0.29) is 18.2 Å². The summed E-state index contributed by atoms with van der Waals surface area (Å²) < 4.78 is 5.00. The van der Waals surface area contributed by atoms with Crippen molar-refractivity contribution in [2.45, 2.75) is 32.2 Å². The maximum absolute atomic E-state index is 12.9. The molecule has 0 saturated carbocycles. The molecule has 2 fully saturated rings. The molecule has 2 aliphatic heterocycles. The first-order chi connectivity index (χ1) is 15.2. The smallest absolute Gasteiger partial charge is 0.229 e. The highest BCUT2D eigenvalue weighted by molar-refractivity contribution is 6.04. The summed E-state index contributed by atoms with van der Waals surface area (Å²) >= 11 is 0. The van der Waals surface area contributed by atoms with Crippen molar-refractivity contribution in [2.75, 3.05) is 29.9 Å². The Bertz CT molecular complexity index is 1090. The van der Waals surface area contributed by atoms with Crippen LogP contribution in [0.25, 0.3) is 11.0 Å². The fourth-order valence-electron chi connectivity index (χ4n) is 4.39. The predicted molar refractivity (Wildman–Crippen MR) is 114 cm³/mol. The maximum Gasteiger partial charge on any atom is 0.229 e. The third kappa shape index (κ3) is 3.95. The number of amides is 2. The SMILES string of the molecule is O=C(Nc1ccc(N2CCCCC2)c2nonc12)[C@H]1CC(=O)N(Cc2ccncc2)C1. The first-order valence-electron chi connectivity index (χ1n) is 10.7. The Hall–Kier alpha value is -3.49. The summed E-state index contributed by atoms with van der Waals surface area (Å²) in [5.41, 5.74) is 3.72. The Morgan fingerprint density at radius 3 is 2.65 bits per heavy atom. The largest absolute Gasteiger partial charge is 0.370 e. The van der Waals surface area contributed by atoms with Crippen LogP contribution in [0, 0.1) is 5.92 Å². The third-order valence-corrected chi connectivity index (χ3v) is 6.06. The molecule has 9 heteroatoms. The summed E-state index contributed by atoms with van der Waals surface area (Å²) in [4.78, 5) is 33.3. The van der Waals surface area contributed by atoms with Gasteiger partial charge in [0.05, 0.1) is 17.3 Å². The topological polar surface area (TPSA) is 104 Å². The first kappa shape index (κ1) is 19.5. The Kier molecular flexibility index (Phi) is 5.23. The lowest BCUT2D eigenvalue weighted by atomic mass is 10.1. The average molecular weight is 420 g/mol. The Labute approximate surface area is 179 Å². The van der Waals surface area contributed by atoms with Gasteiger partial charge in [0.2, 0.25) is 11.8 Å². The standard InChI is InChI=1S/C22H24N6O3/c29-19-12-16(14-28(19)13-15-6-8-23-9-7-15)22(30)24-17-4-5-18(21-20(17)25-31-26-21)27-10-2-1-3-11-27/h4-9,16H,1-3,10-14H2,(H,24,30)/t16-/m0/s1. The predicted octanol–water partition coefficient (Wildman–Crippen LogP) is 2.60. The Morgan fingerprint density at radius 1 is 1.06 bits per heavy atom. The van der Waals surface area contributed by atoms with Crippen LogP contribution in [0.1, 0.15) is 31.2 Å². The average Bonchev–Trinajstić information content (AvgIpc) is 3.43. The van der Waals surface area contributed by atoms with Crippen LogP contribution in [-0.2, 0) is 16.1 Å². The number of nitrogens with one attached hydrogen (secondary N) is 1. The van der Waals surface area contributed by atoms with Gasteiger partial charge in [-0.1, -0.05) is 0 Å². The highest BCUT2D eigenvalue weighted by atomic mass is 16.6. The molecule has 4 heterocycles. The summed E-state index contributed by atoms with van der Waals surface area (Å²) in [5, 5.41) is 11.1. The number of benzene rings is 1. The lowest BCUT2D eigenvalue weighted by molar-refractivity contribution is -0.128. The number of piperidine rings is 1. The molecular formula is C22H24N6O3. The second kappa shape index (κ2) is 8.33. The molecule has 1 aromatic carbocycles. The quantitative estimate of drug-likeness (QED) is 0.676. The van der Waals surface area contributed by atoms with Crippen molar-refractivity contribution in [2.24, 2.45) is 5.92 Å². The van der Waals surface area contributed by atoms with Crippen LogP contribution in [0.4, 0.5) is 11.4 Å². The summed E-state index contributed by atoms with van der Waals surface area (Å²) in [6.07, 6.45) is 7.13. The third-order valence-electron chi connectivity index (χ3n) is 6.06. The number of anilines is 2. The van der Waals surface area contributed by atoms with E-state index in [0.717, 1.165) is 37.2 Å². The van der Waals surface area contributed by atoms with Crippen molar-refractivity contribution in [3.63, 3.8) is 0 Å². The van der Waals surface area contributed by atoms with E-state index in [4.69, 9.17) is 4.63 Å². The maximum atomic E-state index is 12.9. The van der Waals surface area contributed by atoms with Crippen LogP contribution in [0.15, 0.2) is 41.3 Å². The molecular weight excluding hydrogens is 396 g/mol. The van der Waals surface area contributed by atoms with E-state index in [1.165, 1.54) is 6.42 Å². The second-order valence-corrected chi connectivity index (χ2v) is 8.16. The number of hydrogen-bond acceptors (Lipinski definition) is 7. The monoisotopic (exact) mass is 420 g/mol. The summed E-state index contributed by atoms with van der Waals surface area (Å²) in [6.45, 7) is 2.82. The van der Waals surface area contributed by atoms with Gasteiger partial charge in [-0.05, 0) is 59.4 Å². The molecule has 2 aromatic heterocycles. The van der Waals surface area contributed by atoms with E-state index in [9.17, 15) is 9.59 Å². The summed E-state index contributed by atoms with van der Waals surface area (Å²) in [5.74, 6) is -0.628. The lowest BCUT2D eigenvalue weighted by Crippen LogP contribution is -2.30. The summed E-state index contributed by atoms with van der Waals surface area (Å²) in [6, 6.07) is 7.56. The molecule has 2 aliphatic rings. The van der Waals surface area contributed by atoms with Crippen molar-refractivity contribution in [1.29, 1.82) is 0 Å². The number of carbonyl (C=O) groups excluding carboxylic acids is 2. The molecule has 3 aromatic rings. The number of rotatable bonds is 5. The van der Waals surface area contributed by atoms with E-state index >= 15 is 0 Å². The molecule has 9 nitrogen and oxygen atoms in total. The van der Waals surface area contributed by atoms with Gasteiger partial charge >= 0.3 is 0 Å². The number of hydrogen-bond donors (Lipinski definition) is 1. The zero-order chi connectivity index (χ0) is 21.2. The van der Waals surface area contributed by atoms with Gasteiger partial charge in [0, 0.05) is 45.0 Å². The zero-order valence-electron chi connectivity index (χ0n) is 17.2. The van der Waals surface area contributed by atoms with Crippen LogP contribution < -0.4 is 10.2 Å². The van der Waals surface area contributed by atoms with E-state index in [0.29, 0.717) is 29.8 Å². The van der Waals surface area contributed by atoms with Gasteiger partial charge in [-0.15, -0.1) is 0 Å². The Morgan fingerprint density at radius 2 is 1.84 bits per heavy atom. The van der Waals surface area contributed by atoms with Gasteiger partial charge in [0.1, 0.15) is 0 Å². The molecule has 1 N–H and O–H groups in total. The van der Waals surface area contributed by atoms with Crippen molar-refractivity contribution >= 4 is 34.2 Å². The highest BCUT2D eigenvalue weighted by Gasteiger charge is 2.34. The minimum Gasteiger partial charge on any atom is -0.370 e. The van der Waals surface area contributed by atoms with Gasteiger partial charge in [0.15, 0.2) is 11.0 Å². The van der Waals surface area contributed by atoms with E-state index in [1.807, 2.05) is 24.3 Å². The second-order valence-electron chi connectivity index (χ2n) is 8.16. The fraction of sp³-hybridized carbons (Fsp3) is 0.409. The fourth-order valence-corrected chi connectivity index (χ4v) is 4.39. The molecule has 0 unspecified atom stereocenters. The summed E-state index contributed by atoms with van der Waals surface area (Å²) in [7, 11) is 0. The van der Waals surface area contributed by atoms with Gasteiger partial charge in [-0.25, -0.2) is 4.63 Å². The number of fused-ring (bicyclic) bond motifs is 1. The lowest BCUT2D eigenvalue weighted by Gasteiger charge is -2.28. The Balaban J connectivity index is 1.29. The number of aromatic nitrogens is 3. The molecule has 31 heavy (non-hydrogen) atoms. The van der Waals surface area contributed by atoms with Gasteiger partial charge in [0.25, 0.3) is 0 Å². The normalized spacial score (nSPS) is 19.2. The molecule has 2 saturated heterocycles. The van der Waals surface area contributed by atoms with E-state index in [1.54, 1.807) is 17.3 Å². The van der Waals surface area contributed by atoms with Gasteiger partial charge < -0.3 is 15.1 Å². The van der Waals surface area contributed by atoms with Crippen LogP contribution >= 0.6 is 0 Å². The van der Waals surface area contributed by atoms with E-state index in [2.05, 4.69) is 25.5 Å². The van der Waals surface area contributed by atoms with Crippen molar-refractivity contribution in [3.05, 3.63) is 42.2 Å². The molecule has 0 spiro atoms. The number of nitrogens with zero attached hydrogens (tertiary/aromatic N) is 5. The highest BCUT2D eigenvalue weighted by Crippen LogP contribution is 2.32. The molecule has 0 aliphatic carbocycles. The van der Waals surface area contributed by atoms with Crippen LogP contribution in [0.3, 0.4) is 0 Å². The number of pyridine rings is 1. The van der Waals surface area contributed by atoms with Gasteiger partial charge in [-0.2, -0.15) is 0 Å². The van der Waals surface area contributed by atoms with Crippen LogP contribution in [-0.4, -0.2) is 51.6 Å². The first-order valence-corrected chi connectivity index (χ1v) is 10.7. The molecule has 1 atom stereocenters. The molecule has 5 rings (SSSR count). The zero-order valence-corrected chi connectivity index (χ0v) is 17.2. The molecule has 2 amide bonds. The minimum absolute atomic E-state index is 0.0225. The van der Waals surface area contributed by atoms with Crippen molar-refractivity contribution in [1.82, 2.24) is 20.2 Å². The minimum atomic E-state index is -0.411. The molecule has 0 bridgehead atoms. The molecule has 0 radical (unpaired) electrons. The van der Waals surface area contributed by atoms with E-state index < -0.39 is 5.92 Å². The van der Waals surface area contributed by atoms with Crippen LogP contribution in [0.2, 0.25) is 0 Å². The number of carbonyl (C=O) groups is 2. The molecule has 160 valence electrons. The van der Waals surface area contributed by atoms with Gasteiger partial charge in [-0.3, -0.25) is 14.6 Å². The van der Waals surface area contributed by atoms with Crippen LogP contribution in [0.5, 0.6) is 0 Å². The number of likely N-dealkylation sites (tertiary alicyclic amines) is 1. The van der Waals surface area contributed by atoms with Crippen molar-refractivity contribution < 1.29 is 14.2 Å².